The molecule has 1 N–H and O–H groups in total. The summed E-state index contributed by atoms with van der Waals surface area (Å²) in [6.07, 6.45) is 6.64. The minimum Gasteiger partial charge on any atom is -0.338 e. The minimum absolute atomic E-state index is 0.141. The van der Waals surface area contributed by atoms with Gasteiger partial charge in [-0.15, -0.1) is 5.10 Å². The summed E-state index contributed by atoms with van der Waals surface area (Å²) < 4.78 is 0. The Balaban J connectivity index is 1.53. The predicted molar refractivity (Wildman–Crippen MR) is 124 cm³/mol. The van der Waals surface area contributed by atoms with E-state index in [1.807, 2.05) is 18.5 Å². The van der Waals surface area contributed by atoms with E-state index in [1.54, 1.807) is 0 Å². The van der Waals surface area contributed by atoms with Crippen molar-refractivity contribution in [1.29, 1.82) is 0 Å². The number of nitrogens with zero attached hydrogens (tertiary/aromatic N) is 3. The van der Waals surface area contributed by atoms with Crippen molar-refractivity contribution in [2.45, 2.75) is 45.4 Å². The SMILES string of the molecule is CC(C)(C)c1ccc(Nc2nnc(CCCc3cccnc3)c3ccccc23)cc1. The van der Waals surface area contributed by atoms with Crippen LogP contribution in [0, 0.1) is 0 Å². The lowest BCUT2D eigenvalue weighted by Gasteiger charge is -2.19. The molecular weight excluding hydrogens is 368 g/mol. The number of fused-ring (bicyclic) bond motifs is 1. The van der Waals surface area contributed by atoms with E-state index in [0.29, 0.717) is 0 Å². The van der Waals surface area contributed by atoms with Crippen LogP contribution in [0.1, 0.15) is 44.0 Å². The Labute approximate surface area is 178 Å². The summed E-state index contributed by atoms with van der Waals surface area (Å²) in [7, 11) is 0. The van der Waals surface area contributed by atoms with E-state index in [0.717, 1.165) is 47.2 Å². The molecule has 0 bridgehead atoms. The molecule has 0 aliphatic carbocycles. The van der Waals surface area contributed by atoms with Crippen molar-refractivity contribution in [3.8, 4) is 0 Å². The first-order chi connectivity index (χ1) is 14.5. The second kappa shape index (κ2) is 8.62. The topological polar surface area (TPSA) is 50.7 Å². The van der Waals surface area contributed by atoms with Crippen LogP contribution >= 0.6 is 0 Å². The first-order valence-corrected chi connectivity index (χ1v) is 10.5. The van der Waals surface area contributed by atoms with Crippen molar-refractivity contribution in [2.75, 3.05) is 5.32 Å². The molecule has 152 valence electrons. The number of pyridine rings is 1. The third kappa shape index (κ3) is 4.65. The molecule has 0 amide bonds. The molecule has 0 aliphatic heterocycles. The lowest BCUT2D eigenvalue weighted by atomic mass is 9.87. The summed E-state index contributed by atoms with van der Waals surface area (Å²) >= 11 is 0. The van der Waals surface area contributed by atoms with Gasteiger partial charge in [0.05, 0.1) is 5.69 Å². The van der Waals surface area contributed by atoms with Gasteiger partial charge < -0.3 is 5.32 Å². The zero-order chi connectivity index (χ0) is 21.0. The summed E-state index contributed by atoms with van der Waals surface area (Å²) in [6, 6.07) is 21.0. The highest BCUT2D eigenvalue weighted by molar-refractivity contribution is 5.94. The number of rotatable bonds is 6. The number of benzene rings is 2. The number of nitrogens with one attached hydrogen (secondary N) is 1. The van der Waals surface area contributed by atoms with Gasteiger partial charge in [0.1, 0.15) is 0 Å². The first-order valence-electron chi connectivity index (χ1n) is 10.5. The summed E-state index contributed by atoms with van der Waals surface area (Å²) in [5.74, 6) is 0.796. The van der Waals surface area contributed by atoms with Gasteiger partial charge in [0.25, 0.3) is 0 Å². The van der Waals surface area contributed by atoms with Gasteiger partial charge in [0, 0.05) is 28.9 Å². The van der Waals surface area contributed by atoms with Crippen molar-refractivity contribution < 1.29 is 0 Å². The molecule has 0 atom stereocenters. The molecule has 2 aromatic carbocycles. The van der Waals surface area contributed by atoms with Gasteiger partial charge >= 0.3 is 0 Å². The third-order valence-electron chi connectivity index (χ3n) is 5.38. The van der Waals surface area contributed by atoms with Crippen molar-refractivity contribution >= 4 is 22.3 Å². The Morgan fingerprint density at radius 3 is 2.27 bits per heavy atom. The number of hydrogen-bond donors (Lipinski definition) is 1. The van der Waals surface area contributed by atoms with E-state index in [9.17, 15) is 0 Å². The highest BCUT2D eigenvalue weighted by Crippen LogP contribution is 2.28. The maximum Gasteiger partial charge on any atom is 0.160 e. The molecule has 2 heterocycles. The number of anilines is 2. The van der Waals surface area contributed by atoms with E-state index in [-0.39, 0.29) is 5.41 Å². The van der Waals surface area contributed by atoms with Crippen LogP contribution in [0.2, 0.25) is 0 Å². The fraction of sp³-hybridized carbons (Fsp3) is 0.269. The molecule has 4 aromatic rings. The van der Waals surface area contributed by atoms with Crippen LogP contribution in [-0.4, -0.2) is 15.2 Å². The molecule has 4 heteroatoms. The Hall–Kier alpha value is -3.27. The lowest BCUT2D eigenvalue weighted by Crippen LogP contribution is -2.10. The Morgan fingerprint density at radius 2 is 1.57 bits per heavy atom. The van der Waals surface area contributed by atoms with Crippen LogP contribution in [0.5, 0.6) is 0 Å². The van der Waals surface area contributed by atoms with Crippen LogP contribution in [0.25, 0.3) is 10.8 Å². The average Bonchev–Trinajstić information content (AvgIpc) is 2.76. The van der Waals surface area contributed by atoms with Crippen LogP contribution in [-0.2, 0) is 18.3 Å². The van der Waals surface area contributed by atoms with Crippen molar-refractivity contribution in [2.24, 2.45) is 0 Å². The summed E-state index contributed by atoms with van der Waals surface area (Å²) in [5.41, 5.74) is 4.78. The normalized spacial score (nSPS) is 11.6. The van der Waals surface area contributed by atoms with Gasteiger partial charge in [0.2, 0.25) is 0 Å². The highest BCUT2D eigenvalue weighted by Gasteiger charge is 2.14. The molecule has 0 fully saturated rings. The fourth-order valence-corrected chi connectivity index (χ4v) is 3.63. The Morgan fingerprint density at radius 1 is 0.800 bits per heavy atom. The minimum atomic E-state index is 0.141. The number of aryl methyl sites for hydroxylation is 2. The Kier molecular flexibility index (Phi) is 5.75. The standard InChI is InChI=1S/C26H28N4/c1-26(2,3)20-13-15-21(16-14-20)28-25-23-11-5-4-10-22(23)24(29-30-25)12-6-8-19-9-7-17-27-18-19/h4-5,7,9-11,13-18H,6,8,12H2,1-3H3,(H,28,30). The average molecular weight is 397 g/mol. The number of hydrogen-bond acceptors (Lipinski definition) is 4. The second-order valence-electron chi connectivity index (χ2n) is 8.71. The predicted octanol–water partition coefficient (Wildman–Crippen LogP) is 6.24. The molecule has 0 radical (unpaired) electrons. The van der Waals surface area contributed by atoms with Gasteiger partial charge in [0.15, 0.2) is 5.82 Å². The van der Waals surface area contributed by atoms with Crippen molar-refractivity contribution in [3.63, 3.8) is 0 Å². The van der Waals surface area contributed by atoms with E-state index >= 15 is 0 Å². The van der Waals surface area contributed by atoms with Crippen LogP contribution < -0.4 is 5.32 Å². The largest absolute Gasteiger partial charge is 0.338 e. The van der Waals surface area contributed by atoms with E-state index in [1.165, 1.54) is 11.1 Å². The number of aromatic nitrogens is 3. The lowest BCUT2D eigenvalue weighted by molar-refractivity contribution is 0.590. The van der Waals surface area contributed by atoms with Crippen LogP contribution in [0.4, 0.5) is 11.5 Å². The molecule has 0 aliphatic rings. The maximum absolute atomic E-state index is 4.56. The summed E-state index contributed by atoms with van der Waals surface area (Å²) in [6.45, 7) is 6.67. The molecule has 0 spiro atoms. The zero-order valence-corrected chi connectivity index (χ0v) is 17.9. The molecule has 0 saturated heterocycles. The fourth-order valence-electron chi connectivity index (χ4n) is 3.63. The molecule has 30 heavy (non-hydrogen) atoms. The maximum atomic E-state index is 4.56. The van der Waals surface area contributed by atoms with E-state index in [2.05, 4.69) is 95.9 Å². The van der Waals surface area contributed by atoms with Crippen LogP contribution in [0.15, 0.2) is 73.1 Å². The van der Waals surface area contributed by atoms with E-state index in [4.69, 9.17) is 0 Å². The summed E-state index contributed by atoms with van der Waals surface area (Å²) in [4.78, 5) is 4.19. The van der Waals surface area contributed by atoms with Gasteiger partial charge in [-0.3, -0.25) is 4.98 Å². The molecular formula is C26H28N4. The zero-order valence-electron chi connectivity index (χ0n) is 17.9. The van der Waals surface area contributed by atoms with Crippen molar-refractivity contribution in [1.82, 2.24) is 15.2 Å². The third-order valence-corrected chi connectivity index (χ3v) is 5.38. The molecule has 4 nitrogen and oxygen atoms in total. The Bertz CT molecular complexity index is 1110. The molecule has 0 unspecified atom stereocenters. The monoisotopic (exact) mass is 396 g/mol. The van der Waals surface area contributed by atoms with Crippen molar-refractivity contribution in [3.05, 3.63) is 89.9 Å². The van der Waals surface area contributed by atoms with E-state index < -0.39 is 0 Å². The quantitative estimate of drug-likeness (QED) is 0.419. The molecule has 4 rings (SSSR count). The van der Waals surface area contributed by atoms with Gasteiger partial charge in [-0.05, 0) is 54.0 Å². The van der Waals surface area contributed by atoms with Crippen LogP contribution in [0.3, 0.4) is 0 Å². The second-order valence-corrected chi connectivity index (χ2v) is 8.71. The van der Waals surface area contributed by atoms with Gasteiger partial charge in [-0.2, -0.15) is 5.10 Å². The highest BCUT2D eigenvalue weighted by atomic mass is 15.2. The molecule has 0 saturated carbocycles. The van der Waals surface area contributed by atoms with Gasteiger partial charge in [-0.25, -0.2) is 0 Å². The van der Waals surface area contributed by atoms with Gasteiger partial charge in [-0.1, -0.05) is 63.2 Å². The first kappa shape index (κ1) is 20.0. The molecule has 2 aromatic heterocycles. The smallest absolute Gasteiger partial charge is 0.160 e. The summed E-state index contributed by atoms with van der Waals surface area (Å²) in [5, 5.41) is 14.8.